The van der Waals surface area contributed by atoms with Crippen molar-refractivity contribution in [3.63, 3.8) is 0 Å². The molecule has 0 radical (unpaired) electrons. The summed E-state index contributed by atoms with van der Waals surface area (Å²) in [5, 5.41) is 23.7. The van der Waals surface area contributed by atoms with Gasteiger partial charge in [-0.2, -0.15) is 0 Å². The van der Waals surface area contributed by atoms with E-state index in [1.807, 2.05) is 0 Å². The Bertz CT molecular complexity index is 763. The molecule has 3 heterocycles. The summed E-state index contributed by atoms with van der Waals surface area (Å²) in [6.45, 7) is 0. The number of imidazole rings is 1. The Morgan fingerprint density at radius 1 is 1.30 bits per heavy atom. The molecule has 1 saturated carbocycles. The van der Waals surface area contributed by atoms with Crippen LogP contribution in [0.5, 0.6) is 0 Å². The van der Waals surface area contributed by atoms with E-state index in [9.17, 15) is 10.2 Å². The number of aliphatic hydroxyl groups is 2. The average Bonchev–Trinajstić information content (AvgIpc) is 3.15. The maximum absolute atomic E-state index is 10.3. The fourth-order valence-electron chi connectivity index (χ4n) is 2.67. The third kappa shape index (κ3) is 2.43. The number of hydrogen-bond acceptors (Lipinski definition) is 8. The van der Waals surface area contributed by atoms with Crippen molar-refractivity contribution in [1.29, 1.82) is 0 Å². The minimum Gasteiger partial charge on any atom is -0.387 e. The zero-order valence-electron chi connectivity index (χ0n) is 12.0. The second kappa shape index (κ2) is 5.34. The van der Waals surface area contributed by atoms with Crippen LogP contribution >= 0.6 is 12.2 Å². The quantitative estimate of drug-likeness (QED) is 0.527. The highest BCUT2D eigenvalue weighted by molar-refractivity contribution is 7.80. The van der Waals surface area contributed by atoms with Gasteiger partial charge in [-0.15, -0.1) is 0 Å². The number of rotatable bonds is 3. The van der Waals surface area contributed by atoms with E-state index >= 15 is 0 Å². The summed E-state index contributed by atoms with van der Waals surface area (Å²) in [4.78, 5) is 12.5. The van der Waals surface area contributed by atoms with Crippen LogP contribution in [0.2, 0.25) is 0 Å². The summed E-state index contributed by atoms with van der Waals surface area (Å²) in [6.07, 6.45) is 0.952. The van der Waals surface area contributed by atoms with E-state index in [2.05, 4.69) is 20.3 Å². The third-order valence-corrected chi connectivity index (χ3v) is 4.43. The lowest BCUT2D eigenvalue weighted by Crippen LogP contribution is -2.42. The van der Waals surface area contributed by atoms with E-state index in [4.69, 9.17) is 22.7 Å². The lowest BCUT2D eigenvalue weighted by atomic mass is 10.1. The van der Waals surface area contributed by atoms with Crippen molar-refractivity contribution in [2.45, 2.75) is 43.4 Å². The second-order valence-corrected chi connectivity index (χ2v) is 6.23. The Hall–Kier alpha value is -1.88. The first-order valence-corrected chi connectivity index (χ1v) is 7.72. The molecule has 1 saturated heterocycles. The molecule has 0 bridgehead atoms. The summed E-state index contributed by atoms with van der Waals surface area (Å²) in [6, 6.07) is 0.344. The normalized spacial score (nSPS) is 30.7. The van der Waals surface area contributed by atoms with Gasteiger partial charge in [-0.05, 0) is 12.8 Å². The number of fused-ring (bicyclic) bond motifs is 1. The number of aliphatic hydroxyl groups excluding tert-OH is 2. The van der Waals surface area contributed by atoms with E-state index < -0.39 is 24.5 Å². The van der Waals surface area contributed by atoms with Gasteiger partial charge in [0, 0.05) is 6.04 Å². The van der Waals surface area contributed by atoms with Gasteiger partial charge in [0.05, 0.1) is 6.33 Å². The molecular weight excluding hydrogens is 320 g/mol. The molecule has 122 valence electrons. The van der Waals surface area contributed by atoms with Gasteiger partial charge in [0.2, 0.25) is 0 Å². The molecule has 2 aromatic rings. The molecule has 2 aliphatic rings. The molecule has 0 unspecified atom stereocenters. The topological polar surface area (TPSA) is 131 Å². The first kappa shape index (κ1) is 14.7. The lowest BCUT2D eigenvalue weighted by Gasteiger charge is -2.17. The highest BCUT2D eigenvalue weighted by atomic mass is 32.1. The van der Waals surface area contributed by atoms with Crippen molar-refractivity contribution in [3.05, 3.63) is 12.7 Å². The van der Waals surface area contributed by atoms with Crippen LogP contribution in [-0.2, 0) is 4.74 Å². The molecule has 9 nitrogen and oxygen atoms in total. The summed E-state index contributed by atoms with van der Waals surface area (Å²) >= 11 is 5.28. The van der Waals surface area contributed by atoms with Crippen molar-refractivity contribution >= 4 is 34.2 Å². The Balaban J connectivity index is 1.63. The SMILES string of the molecule is Nc1ncnc2c1ncn2[C@@H]1O[C@H](C(=S)NC2CC2)[C@@H](O)[C@H]1O. The molecule has 10 heteroatoms. The minimum absolute atomic E-state index is 0.240. The zero-order valence-corrected chi connectivity index (χ0v) is 12.8. The maximum Gasteiger partial charge on any atom is 0.167 e. The van der Waals surface area contributed by atoms with Gasteiger partial charge < -0.3 is 26.0 Å². The molecule has 4 atom stereocenters. The molecule has 2 aromatic heterocycles. The van der Waals surface area contributed by atoms with Crippen LogP contribution in [0.15, 0.2) is 12.7 Å². The Morgan fingerprint density at radius 2 is 2.09 bits per heavy atom. The van der Waals surface area contributed by atoms with Crippen LogP contribution in [0, 0.1) is 0 Å². The zero-order chi connectivity index (χ0) is 16.1. The minimum atomic E-state index is -1.16. The summed E-state index contributed by atoms with van der Waals surface area (Å²) in [5.41, 5.74) is 6.60. The van der Waals surface area contributed by atoms with Crippen molar-refractivity contribution in [1.82, 2.24) is 24.8 Å². The van der Waals surface area contributed by atoms with Gasteiger partial charge in [-0.1, -0.05) is 12.2 Å². The first-order chi connectivity index (χ1) is 11.1. The summed E-state index contributed by atoms with van der Waals surface area (Å²) in [5.74, 6) is 0.240. The van der Waals surface area contributed by atoms with E-state index in [0.29, 0.717) is 22.2 Å². The van der Waals surface area contributed by atoms with Crippen LogP contribution < -0.4 is 11.1 Å². The largest absolute Gasteiger partial charge is 0.387 e. The van der Waals surface area contributed by atoms with Gasteiger partial charge in [-0.3, -0.25) is 4.57 Å². The number of nitrogens with zero attached hydrogens (tertiary/aromatic N) is 4. The molecule has 0 spiro atoms. The summed E-state index contributed by atoms with van der Waals surface area (Å²) < 4.78 is 7.32. The van der Waals surface area contributed by atoms with Crippen molar-refractivity contribution in [2.75, 3.05) is 5.73 Å². The van der Waals surface area contributed by atoms with Gasteiger partial charge in [-0.25, -0.2) is 15.0 Å². The molecule has 0 amide bonds. The molecule has 4 rings (SSSR count). The fourth-order valence-corrected chi connectivity index (χ4v) is 3.03. The number of nitrogens with two attached hydrogens (primary N) is 1. The van der Waals surface area contributed by atoms with E-state index in [1.54, 1.807) is 0 Å². The molecule has 5 N–H and O–H groups in total. The van der Waals surface area contributed by atoms with E-state index in [1.165, 1.54) is 17.2 Å². The Labute approximate surface area is 136 Å². The summed E-state index contributed by atoms with van der Waals surface area (Å²) in [7, 11) is 0. The molecule has 1 aliphatic heterocycles. The van der Waals surface area contributed by atoms with Crippen LogP contribution in [0.1, 0.15) is 19.1 Å². The first-order valence-electron chi connectivity index (χ1n) is 7.31. The number of anilines is 1. The Morgan fingerprint density at radius 3 is 2.83 bits per heavy atom. The van der Waals surface area contributed by atoms with Gasteiger partial charge in [0.15, 0.2) is 17.7 Å². The predicted molar refractivity (Wildman–Crippen MR) is 84.4 cm³/mol. The average molecular weight is 336 g/mol. The van der Waals surface area contributed by atoms with E-state index in [0.717, 1.165) is 12.8 Å². The Kier molecular flexibility index (Phi) is 3.41. The standard InChI is InChI=1S/C13H16N6O3S/c14-10-6-11(16-3-15-10)19(4-17-6)13-8(21)7(20)9(22-13)12(23)18-5-1-2-5/h3-5,7-9,13,20-21H,1-2H2,(H,18,23)(H2,14,15,16)/t7-,8+,9-,13+/m0/s1. The van der Waals surface area contributed by atoms with Crippen LogP contribution in [0.4, 0.5) is 5.82 Å². The van der Waals surface area contributed by atoms with Gasteiger partial charge in [0.25, 0.3) is 0 Å². The number of nitrogens with one attached hydrogen (secondary N) is 1. The van der Waals surface area contributed by atoms with Crippen molar-refractivity contribution in [3.8, 4) is 0 Å². The highest BCUT2D eigenvalue weighted by Crippen LogP contribution is 2.33. The number of thiocarbonyl (C=S) groups is 1. The highest BCUT2D eigenvalue weighted by Gasteiger charge is 2.46. The van der Waals surface area contributed by atoms with Crippen molar-refractivity contribution < 1.29 is 14.9 Å². The number of nitrogen functional groups attached to an aromatic ring is 1. The number of hydrogen-bond donors (Lipinski definition) is 4. The van der Waals surface area contributed by atoms with Crippen LogP contribution in [-0.4, -0.2) is 59.1 Å². The number of aromatic nitrogens is 4. The van der Waals surface area contributed by atoms with E-state index in [-0.39, 0.29) is 5.82 Å². The molecule has 0 aromatic carbocycles. The lowest BCUT2D eigenvalue weighted by molar-refractivity contribution is -0.0218. The monoisotopic (exact) mass is 336 g/mol. The molecule has 1 aliphatic carbocycles. The smallest absolute Gasteiger partial charge is 0.167 e. The third-order valence-electron chi connectivity index (χ3n) is 4.08. The second-order valence-electron chi connectivity index (χ2n) is 5.79. The van der Waals surface area contributed by atoms with Crippen LogP contribution in [0.3, 0.4) is 0 Å². The van der Waals surface area contributed by atoms with Crippen LogP contribution in [0.25, 0.3) is 11.2 Å². The molecular formula is C13H16N6O3S. The fraction of sp³-hybridized carbons (Fsp3) is 0.538. The molecule has 2 fully saturated rings. The predicted octanol–water partition coefficient (Wildman–Crippen LogP) is -0.893. The number of ether oxygens (including phenoxy) is 1. The van der Waals surface area contributed by atoms with Gasteiger partial charge >= 0.3 is 0 Å². The molecule has 23 heavy (non-hydrogen) atoms. The maximum atomic E-state index is 10.3. The van der Waals surface area contributed by atoms with Gasteiger partial charge in [0.1, 0.15) is 35.1 Å². The van der Waals surface area contributed by atoms with Crippen molar-refractivity contribution in [2.24, 2.45) is 0 Å².